The van der Waals surface area contributed by atoms with Crippen LogP contribution in [0.25, 0.3) is 10.9 Å². The number of fused-ring (bicyclic) bond motifs is 1. The molecule has 1 aromatic carbocycles. The number of methoxy groups -OCH3 is 1. The molecule has 0 amide bonds. The molecule has 4 nitrogen and oxygen atoms in total. The first-order chi connectivity index (χ1) is 9.42. The first-order valence-electron chi connectivity index (χ1n) is 6.25. The minimum absolute atomic E-state index is 0.306. The summed E-state index contributed by atoms with van der Waals surface area (Å²) in [4.78, 5) is 4.71. The molecule has 0 radical (unpaired) electrons. The van der Waals surface area contributed by atoms with Gasteiger partial charge in [0.1, 0.15) is 5.75 Å². The van der Waals surface area contributed by atoms with Crippen LogP contribution >= 0.6 is 31.9 Å². The Hall–Kier alpha value is -0.850. The van der Waals surface area contributed by atoms with Crippen molar-refractivity contribution in [3.05, 3.63) is 26.3 Å². The zero-order chi connectivity index (χ0) is 15.0. The molecule has 108 valence electrons. The summed E-state index contributed by atoms with van der Waals surface area (Å²) in [7, 11) is 1.64. The quantitative estimate of drug-likeness (QED) is 0.586. The Morgan fingerprint density at radius 1 is 1.30 bits per heavy atom. The Morgan fingerprint density at radius 3 is 2.45 bits per heavy atom. The van der Waals surface area contributed by atoms with Crippen molar-refractivity contribution in [1.82, 2.24) is 4.98 Å². The highest BCUT2D eigenvalue weighted by molar-refractivity contribution is 9.11. The van der Waals surface area contributed by atoms with Crippen LogP contribution in [0.3, 0.4) is 0 Å². The van der Waals surface area contributed by atoms with Crippen molar-refractivity contribution in [2.45, 2.75) is 26.7 Å². The summed E-state index contributed by atoms with van der Waals surface area (Å²) in [5, 5.41) is 0.880. The molecule has 0 aliphatic carbocycles. The number of anilines is 1. The smallest absolute Gasteiger partial charge is 0.144 e. The maximum absolute atomic E-state index is 5.78. The van der Waals surface area contributed by atoms with Crippen LogP contribution < -0.4 is 16.0 Å². The summed E-state index contributed by atoms with van der Waals surface area (Å²) in [6.45, 7) is 6.24. The lowest BCUT2D eigenvalue weighted by Gasteiger charge is -2.20. The van der Waals surface area contributed by atoms with Gasteiger partial charge in [0, 0.05) is 15.7 Å². The van der Waals surface area contributed by atoms with Gasteiger partial charge in [-0.2, -0.15) is 0 Å². The molecule has 0 bridgehead atoms. The Morgan fingerprint density at radius 2 is 1.95 bits per heavy atom. The molecular formula is C14H17Br2N3O. The summed E-state index contributed by atoms with van der Waals surface area (Å²) in [5.41, 5.74) is 6.59. The van der Waals surface area contributed by atoms with Crippen LogP contribution in [0.1, 0.15) is 31.0 Å². The first-order valence-corrected chi connectivity index (χ1v) is 7.83. The highest BCUT2D eigenvalue weighted by atomic mass is 79.9. The van der Waals surface area contributed by atoms with Crippen LogP contribution in [0.2, 0.25) is 0 Å². The molecule has 0 saturated heterocycles. The third-order valence-electron chi connectivity index (χ3n) is 3.27. The van der Waals surface area contributed by atoms with Gasteiger partial charge in [0.2, 0.25) is 0 Å². The Labute approximate surface area is 135 Å². The number of nitrogens with zero attached hydrogens (tertiary/aromatic N) is 1. The average Bonchev–Trinajstić information content (AvgIpc) is 2.38. The van der Waals surface area contributed by atoms with E-state index in [-0.39, 0.29) is 0 Å². The molecule has 0 saturated carbocycles. The zero-order valence-corrected chi connectivity index (χ0v) is 15.0. The van der Waals surface area contributed by atoms with Gasteiger partial charge in [-0.1, -0.05) is 13.8 Å². The number of hydrogen-bond donors (Lipinski definition) is 2. The number of aromatic nitrogens is 1. The SMILES string of the molecule is COc1c(Br)cc(Br)c2nc(C)c(C(C)C)c(NN)c12. The predicted octanol–water partition coefficient (Wildman–Crippen LogP) is 4.49. The lowest BCUT2D eigenvalue weighted by atomic mass is 9.96. The molecule has 6 heteroatoms. The molecule has 2 aromatic rings. The van der Waals surface area contributed by atoms with E-state index in [1.54, 1.807) is 7.11 Å². The van der Waals surface area contributed by atoms with Crippen molar-refractivity contribution in [3.63, 3.8) is 0 Å². The number of nitrogens with one attached hydrogen (secondary N) is 1. The maximum Gasteiger partial charge on any atom is 0.144 e. The summed E-state index contributed by atoms with van der Waals surface area (Å²) < 4.78 is 7.28. The molecule has 20 heavy (non-hydrogen) atoms. The van der Waals surface area contributed by atoms with E-state index in [0.29, 0.717) is 5.92 Å². The second kappa shape index (κ2) is 5.87. The highest BCUT2D eigenvalue weighted by Gasteiger charge is 2.21. The summed E-state index contributed by atoms with van der Waals surface area (Å²) in [5.74, 6) is 6.82. The summed E-state index contributed by atoms with van der Waals surface area (Å²) >= 11 is 7.07. The molecule has 0 aliphatic heterocycles. The van der Waals surface area contributed by atoms with Crippen LogP contribution in [-0.4, -0.2) is 12.1 Å². The number of hydrazine groups is 1. The molecule has 0 atom stereocenters. The Balaban J connectivity index is 3.05. The van der Waals surface area contributed by atoms with Crippen LogP contribution in [0.5, 0.6) is 5.75 Å². The van der Waals surface area contributed by atoms with Crippen LogP contribution in [0, 0.1) is 6.92 Å². The van der Waals surface area contributed by atoms with Gasteiger partial charge in [0.25, 0.3) is 0 Å². The number of nitrogen functional groups attached to an aromatic ring is 1. The topological polar surface area (TPSA) is 60.2 Å². The minimum Gasteiger partial charge on any atom is -0.495 e. The molecule has 0 unspecified atom stereocenters. The van der Waals surface area contributed by atoms with Crippen molar-refractivity contribution in [2.24, 2.45) is 5.84 Å². The largest absolute Gasteiger partial charge is 0.495 e. The Bertz CT molecular complexity index is 671. The van der Waals surface area contributed by atoms with Gasteiger partial charge in [-0.25, -0.2) is 0 Å². The van der Waals surface area contributed by atoms with Crippen molar-refractivity contribution < 1.29 is 4.74 Å². The van der Waals surface area contributed by atoms with E-state index in [9.17, 15) is 0 Å². The average molecular weight is 403 g/mol. The number of aryl methyl sites for hydroxylation is 1. The highest BCUT2D eigenvalue weighted by Crippen LogP contribution is 2.44. The minimum atomic E-state index is 0.306. The second-order valence-electron chi connectivity index (χ2n) is 4.88. The van der Waals surface area contributed by atoms with E-state index >= 15 is 0 Å². The van der Waals surface area contributed by atoms with Crippen molar-refractivity contribution >= 4 is 48.5 Å². The van der Waals surface area contributed by atoms with E-state index in [1.165, 1.54) is 0 Å². The first kappa shape index (κ1) is 15.5. The molecule has 0 spiro atoms. The Kier molecular flexibility index (Phi) is 4.56. The lowest BCUT2D eigenvalue weighted by molar-refractivity contribution is 0.417. The number of pyridine rings is 1. The van der Waals surface area contributed by atoms with E-state index in [0.717, 1.165) is 42.5 Å². The number of rotatable bonds is 3. The lowest BCUT2D eigenvalue weighted by Crippen LogP contribution is -2.13. The second-order valence-corrected chi connectivity index (χ2v) is 6.59. The standard InChI is InChI=1S/C14H17Br2N3O/c1-6(2)10-7(3)18-12-8(15)5-9(16)14(20-4)11(12)13(10)19-17/h5-6H,17H2,1-4H3,(H,18,19). The van der Waals surface area contributed by atoms with Gasteiger partial charge in [-0.05, 0) is 50.8 Å². The molecule has 1 heterocycles. The normalized spacial score (nSPS) is 11.2. The predicted molar refractivity (Wildman–Crippen MR) is 90.3 cm³/mol. The van der Waals surface area contributed by atoms with Gasteiger partial charge >= 0.3 is 0 Å². The van der Waals surface area contributed by atoms with Gasteiger partial charge < -0.3 is 10.2 Å². The fourth-order valence-corrected chi connectivity index (χ4v) is 3.94. The number of halogens is 2. The van der Waals surface area contributed by atoms with Crippen LogP contribution in [-0.2, 0) is 0 Å². The molecule has 3 N–H and O–H groups in total. The van der Waals surface area contributed by atoms with Crippen molar-refractivity contribution in [3.8, 4) is 5.75 Å². The van der Waals surface area contributed by atoms with E-state index in [4.69, 9.17) is 15.6 Å². The van der Waals surface area contributed by atoms with Crippen LogP contribution in [0.4, 0.5) is 5.69 Å². The number of ether oxygens (including phenoxy) is 1. The molecule has 1 aromatic heterocycles. The molecule has 0 aliphatic rings. The van der Waals surface area contributed by atoms with Crippen molar-refractivity contribution in [2.75, 3.05) is 12.5 Å². The monoisotopic (exact) mass is 401 g/mol. The summed E-state index contributed by atoms with van der Waals surface area (Å²) in [6.07, 6.45) is 0. The van der Waals surface area contributed by atoms with Gasteiger partial charge in [-0.15, -0.1) is 0 Å². The van der Waals surface area contributed by atoms with E-state index < -0.39 is 0 Å². The van der Waals surface area contributed by atoms with Gasteiger partial charge in [-0.3, -0.25) is 10.8 Å². The van der Waals surface area contributed by atoms with E-state index in [2.05, 4.69) is 51.1 Å². The maximum atomic E-state index is 5.78. The fourth-order valence-electron chi connectivity index (χ4n) is 2.53. The fraction of sp³-hybridized carbons (Fsp3) is 0.357. The number of hydrogen-bond acceptors (Lipinski definition) is 4. The zero-order valence-electron chi connectivity index (χ0n) is 11.8. The summed E-state index contributed by atoms with van der Waals surface area (Å²) in [6, 6.07) is 1.93. The third-order valence-corrected chi connectivity index (χ3v) is 4.47. The molecule has 2 rings (SSSR count). The van der Waals surface area contributed by atoms with Gasteiger partial charge in [0.15, 0.2) is 0 Å². The molecular weight excluding hydrogens is 386 g/mol. The molecule has 0 fully saturated rings. The third kappa shape index (κ3) is 2.40. The van der Waals surface area contributed by atoms with Crippen molar-refractivity contribution in [1.29, 1.82) is 0 Å². The number of nitrogens with two attached hydrogens (primary N) is 1. The number of benzene rings is 1. The van der Waals surface area contributed by atoms with E-state index in [1.807, 2.05) is 13.0 Å². The van der Waals surface area contributed by atoms with Crippen LogP contribution in [0.15, 0.2) is 15.0 Å². The van der Waals surface area contributed by atoms with Gasteiger partial charge in [0.05, 0.1) is 28.2 Å².